The highest BCUT2D eigenvalue weighted by Crippen LogP contribution is 2.46. The van der Waals surface area contributed by atoms with E-state index in [0.717, 1.165) is 30.0 Å². The van der Waals surface area contributed by atoms with E-state index in [-0.39, 0.29) is 18.8 Å². The zero-order valence-corrected chi connectivity index (χ0v) is 17.6. The predicted molar refractivity (Wildman–Crippen MR) is 109 cm³/mol. The first-order chi connectivity index (χ1) is 13.8. The number of hydrogen-bond donors (Lipinski definition) is 2. The first-order valence-electron chi connectivity index (χ1n) is 9.66. The Kier molecular flexibility index (Phi) is 10.6. The summed E-state index contributed by atoms with van der Waals surface area (Å²) in [5.74, 6) is 1.86. The van der Waals surface area contributed by atoms with Gasteiger partial charge in [-0.2, -0.15) is 0 Å². The molecule has 0 bridgehead atoms. The summed E-state index contributed by atoms with van der Waals surface area (Å²) in [6.07, 6.45) is 5.24. The first-order valence-corrected chi connectivity index (χ1v) is 9.66. The molecule has 0 spiro atoms. The summed E-state index contributed by atoms with van der Waals surface area (Å²) >= 11 is 0. The van der Waals surface area contributed by atoms with Crippen molar-refractivity contribution in [2.45, 2.75) is 44.3 Å². The van der Waals surface area contributed by atoms with Gasteiger partial charge in [-0.3, -0.25) is 14.5 Å². The van der Waals surface area contributed by atoms with Crippen molar-refractivity contribution in [3.63, 3.8) is 0 Å². The van der Waals surface area contributed by atoms with Crippen LogP contribution in [0.2, 0.25) is 0 Å². The van der Waals surface area contributed by atoms with Gasteiger partial charge in [0.15, 0.2) is 11.6 Å². The SMILES string of the molecule is COc1c(F)cccc1CN(C)C1C[C@H]2CC(N(C)C)C[C@H]2C1.O=CO.O=CO. The molecule has 0 heterocycles. The van der Waals surface area contributed by atoms with Crippen LogP contribution in [-0.4, -0.2) is 73.3 Å². The van der Waals surface area contributed by atoms with E-state index in [1.807, 2.05) is 6.07 Å². The second-order valence-corrected chi connectivity index (χ2v) is 7.79. The van der Waals surface area contributed by atoms with Crippen LogP contribution in [0.15, 0.2) is 18.2 Å². The number of rotatable bonds is 5. The summed E-state index contributed by atoms with van der Waals surface area (Å²) in [5, 5.41) is 13.8. The maximum absolute atomic E-state index is 13.8. The minimum Gasteiger partial charge on any atom is -0.493 e. The molecule has 4 atom stereocenters. The van der Waals surface area contributed by atoms with Crippen molar-refractivity contribution < 1.29 is 28.9 Å². The van der Waals surface area contributed by atoms with Crippen LogP contribution in [0, 0.1) is 17.7 Å². The molecule has 3 rings (SSSR count). The van der Waals surface area contributed by atoms with Crippen LogP contribution in [-0.2, 0) is 16.1 Å². The molecule has 7 nitrogen and oxygen atoms in total. The number of benzene rings is 1. The van der Waals surface area contributed by atoms with E-state index in [1.165, 1.54) is 31.7 Å². The molecule has 0 radical (unpaired) electrons. The van der Waals surface area contributed by atoms with Crippen LogP contribution in [0.4, 0.5) is 4.39 Å². The molecule has 0 aliphatic heterocycles. The van der Waals surface area contributed by atoms with E-state index in [0.29, 0.717) is 11.8 Å². The number of methoxy groups -OCH3 is 1. The van der Waals surface area contributed by atoms with Gasteiger partial charge < -0.3 is 19.8 Å². The van der Waals surface area contributed by atoms with Gasteiger partial charge in [-0.15, -0.1) is 0 Å². The largest absolute Gasteiger partial charge is 0.493 e. The third-order valence-corrected chi connectivity index (χ3v) is 5.99. The topological polar surface area (TPSA) is 90.3 Å². The maximum atomic E-state index is 13.8. The Balaban J connectivity index is 0.000000626. The summed E-state index contributed by atoms with van der Waals surface area (Å²) < 4.78 is 19.1. The molecule has 0 saturated heterocycles. The average Bonchev–Trinajstić information content (AvgIpc) is 3.22. The molecule has 8 heteroatoms. The van der Waals surface area contributed by atoms with Crippen molar-refractivity contribution in [2.24, 2.45) is 11.8 Å². The molecule has 0 aromatic heterocycles. The zero-order valence-electron chi connectivity index (χ0n) is 17.6. The van der Waals surface area contributed by atoms with Crippen molar-refractivity contribution >= 4 is 12.9 Å². The number of carboxylic acid groups (broad SMARTS) is 2. The number of halogens is 1. The lowest BCUT2D eigenvalue weighted by Gasteiger charge is -2.27. The second kappa shape index (κ2) is 12.4. The molecule has 2 fully saturated rings. The number of ether oxygens (including phenoxy) is 1. The Hall–Kier alpha value is -2.19. The Morgan fingerprint density at radius 2 is 1.52 bits per heavy atom. The Morgan fingerprint density at radius 1 is 1.03 bits per heavy atom. The van der Waals surface area contributed by atoms with E-state index in [9.17, 15) is 4.39 Å². The molecule has 2 aliphatic carbocycles. The minimum atomic E-state index is -0.268. The van der Waals surface area contributed by atoms with Gasteiger partial charge in [-0.25, -0.2) is 4.39 Å². The number of para-hydroxylation sites is 1. The van der Waals surface area contributed by atoms with E-state index in [1.54, 1.807) is 13.2 Å². The van der Waals surface area contributed by atoms with Gasteiger partial charge in [0.1, 0.15) is 0 Å². The van der Waals surface area contributed by atoms with E-state index in [2.05, 4.69) is 30.9 Å². The summed E-state index contributed by atoms with van der Waals surface area (Å²) in [4.78, 5) is 21.5. The zero-order chi connectivity index (χ0) is 22.0. The fourth-order valence-corrected chi connectivity index (χ4v) is 4.64. The maximum Gasteiger partial charge on any atom is 0.290 e. The molecular weight excluding hydrogens is 379 g/mol. The number of carbonyl (C=O) groups is 2. The van der Waals surface area contributed by atoms with Crippen LogP contribution in [0.3, 0.4) is 0 Å². The molecule has 0 amide bonds. The highest BCUT2D eigenvalue weighted by molar-refractivity contribution is 5.35. The van der Waals surface area contributed by atoms with Crippen molar-refractivity contribution in [1.82, 2.24) is 9.80 Å². The van der Waals surface area contributed by atoms with Gasteiger partial charge >= 0.3 is 0 Å². The normalized spacial score (nSPS) is 24.8. The molecule has 2 N–H and O–H groups in total. The van der Waals surface area contributed by atoms with E-state index >= 15 is 0 Å². The van der Waals surface area contributed by atoms with E-state index in [4.69, 9.17) is 24.5 Å². The van der Waals surface area contributed by atoms with Crippen molar-refractivity contribution in [3.8, 4) is 5.75 Å². The lowest BCUT2D eigenvalue weighted by molar-refractivity contribution is -0.123. The Bertz CT molecular complexity index is 623. The van der Waals surface area contributed by atoms with Crippen LogP contribution < -0.4 is 4.74 Å². The fourth-order valence-electron chi connectivity index (χ4n) is 4.64. The third-order valence-electron chi connectivity index (χ3n) is 5.99. The molecule has 2 saturated carbocycles. The fraction of sp³-hybridized carbons (Fsp3) is 0.619. The highest BCUT2D eigenvalue weighted by atomic mass is 19.1. The molecule has 2 unspecified atom stereocenters. The van der Waals surface area contributed by atoms with Crippen LogP contribution in [0.25, 0.3) is 0 Å². The molecular formula is C21H33FN2O5. The van der Waals surface area contributed by atoms with Crippen LogP contribution >= 0.6 is 0 Å². The predicted octanol–water partition coefficient (Wildman–Crippen LogP) is 2.79. The summed E-state index contributed by atoms with van der Waals surface area (Å²) in [6.45, 7) is 0.252. The molecule has 1 aromatic carbocycles. The highest BCUT2D eigenvalue weighted by Gasteiger charge is 2.43. The number of hydrogen-bond acceptors (Lipinski definition) is 5. The Morgan fingerprint density at radius 3 is 1.97 bits per heavy atom. The Labute approximate surface area is 172 Å². The average molecular weight is 413 g/mol. The molecule has 29 heavy (non-hydrogen) atoms. The summed E-state index contributed by atoms with van der Waals surface area (Å²) in [5.41, 5.74) is 0.943. The third kappa shape index (κ3) is 6.97. The van der Waals surface area contributed by atoms with Gasteiger partial charge in [0, 0.05) is 24.2 Å². The van der Waals surface area contributed by atoms with Gasteiger partial charge in [0.2, 0.25) is 0 Å². The lowest BCUT2D eigenvalue weighted by atomic mass is 10.0. The van der Waals surface area contributed by atoms with Gasteiger partial charge in [0.25, 0.3) is 12.9 Å². The molecule has 1 aromatic rings. The monoisotopic (exact) mass is 412 g/mol. The standard InChI is InChI=1S/C19H29FN2O.2CH2O2/c1-21(2)16-8-14-10-17(11-15(14)9-16)22(3)12-13-6-5-7-18(20)19(13)23-4;2*2-1-3/h5-7,14-17H,8-12H2,1-4H3;2*1H,(H,2,3)/t14-,15+,16?,17?;;. The number of fused-ring (bicyclic) bond motifs is 1. The van der Waals surface area contributed by atoms with E-state index < -0.39 is 0 Å². The van der Waals surface area contributed by atoms with Gasteiger partial charge in [-0.05, 0) is 64.7 Å². The second-order valence-electron chi connectivity index (χ2n) is 7.79. The van der Waals surface area contributed by atoms with Gasteiger partial charge in [0.05, 0.1) is 7.11 Å². The minimum absolute atomic E-state index is 0.250. The molecule has 164 valence electrons. The lowest BCUT2D eigenvalue weighted by Crippen LogP contribution is -2.31. The first kappa shape index (κ1) is 24.8. The van der Waals surface area contributed by atoms with Crippen LogP contribution in [0.1, 0.15) is 31.2 Å². The number of nitrogens with zero attached hydrogens (tertiary/aromatic N) is 2. The smallest absolute Gasteiger partial charge is 0.290 e. The molecule has 2 aliphatic rings. The van der Waals surface area contributed by atoms with Gasteiger partial charge in [-0.1, -0.05) is 12.1 Å². The summed E-state index contributed by atoms with van der Waals surface area (Å²) in [6, 6.07) is 6.58. The van der Waals surface area contributed by atoms with Crippen molar-refractivity contribution in [2.75, 3.05) is 28.3 Å². The van der Waals surface area contributed by atoms with Crippen molar-refractivity contribution in [1.29, 1.82) is 0 Å². The summed E-state index contributed by atoms with van der Waals surface area (Å²) in [7, 11) is 8.11. The quantitative estimate of drug-likeness (QED) is 0.719. The van der Waals surface area contributed by atoms with Crippen LogP contribution in [0.5, 0.6) is 5.75 Å². The van der Waals surface area contributed by atoms with Crippen molar-refractivity contribution in [3.05, 3.63) is 29.6 Å².